The zero-order valence-electron chi connectivity index (χ0n) is 9.25. The average molecular weight is 227 g/mol. The van der Waals surface area contributed by atoms with E-state index in [9.17, 15) is 9.59 Å². The number of carboxylic acids is 1. The van der Waals surface area contributed by atoms with Crippen molar-refractivity contribution in [3.05, 3.63) is 11.9 Å². The van der Waals surface area contributed by atoms with Crippen LogP contribution in [0.5, 0.6) is 0 Å². The van der Waals surface area contributed by atoms with Crippen LogP contribution < -0.4 is 0 Å². The van der Waals surface area contributed by atoms with Crippen LogP contribution in [0, 0.1) is 0 Å². The first-order chi connectivity index (χ1) is 7.41. The van der Waals surface area contributed by atoms with Gasteiger partial charge in [-0.05, 0) is 20.8 Å². The monoisotopic (exact) mass is 227 g/mol. The van der Waals surface area contributed by atoms with Crippen LogP contribution >= 0.6 is 0 Å². The summed E-state index contributed by atoms with van der Waals surface area (Å²) in [5, 5.41) is 15.6. The molecule has 7 heteroatoms. The maximum Gasteiger partial charge on any atom is 0.358 e. The second-order valence-electron chi connectivity index (χ2n) is 3.55. The second kappa shape index (κ2) is 4.73. The minimum atomic E-state index is -1.18. The molecule has 0 amide bonds. The maximum absolute atomic E-state index is 11.5. The molecular weight excluding hydrogens is 214 g/mol. The van der Waals surface area contributed by atoms with E-state index in [1.54, 1.807) is 20.8 Å². The van der Waals surface area contributed by atoms with E-state index in [-0.39, 0.29) is 11.8 Å². The first-order valence-electron chi connectivity index (χ1n) is 4.77. The number of carbonyl (C=O) groups is 2. The molecule has 0 aliphatic rings. The normalized spacial score (nSPS) is 12.5. The Bertz CT molecular complexity index is 399. The predicted molar refractivity (Wildman–Crippen MR) is 52.9 cm³/mol. The van der Waals surface area contributed by atoms with E-state index in [1.165, 1.54) is 6.20 Å². The summed E-state index contributed by atoms with van der Waals surface area (Å²) in [5.74, 6) is -1.66. The summed E-state index contributed by atoms with van der Waals surface area (Å²) in [4.78, 5) is 22.0. The van der Waals surface area contributed by atoms with Crippen LogP contribution in [0.1, 0.15) is 37.3 Å². The van der Waals surface area contributed by atoms with Gasteiger partial charge in [0.1, 0.15) is 6.04 Å². The summed E-state index contributed by atoms with van der Waals surface area (Å²) in [6.07, 6.45) is 0.964. The Morgan fingerprint density at radius 1 is 1.44 bits per heavy atom. The van der Waals surface area contributed by atoms with E-state index in [0.29, 0.717) is 0 Å². The van der Waals surface area contributed by atoms with E-state index in [0.717, 1.165) is 4.68 Å². The highest BCUT2D eigenvalue weighted by atomic mass is 16.5. The van der Waals surface area contributed by atoms with Crippen LogP contribution in [-0.2, 0) is 9.53 Å². The van der Waals surface area contributed by atoms with Crippen molar-refractivity contribution in [2.24, 2.45) is 0 Å². The molecule has 0 saturated heterocycles. The Balaban J connectivity index is 2.76. The molecule has 0 aliphatic heterocycles. The third-order valence-corrected chi connectivity index (χ3v) is 1.82. The van der Waals surface area contributed by atoms with Crippen LogP contribution in [0.15, 0.2) is 6.20 Å². The molecule has 1 atom stereocenters. The van der Waals surface area contributed by atoms with Gasteiger partial charge in [0.2, 0.25) is 0 Å². The second-order valence-corrected chi connectivity index (χ2v) is 3.55. The SMILES string of the molecule is CC(C)OC(=O)C(C)n1cc(C(=O)O)nn1. The zero-order chi connectivity index (χ0) is 12.3. The topological polar surface area (TPSA) is 94.3 Å². The van der Waals surface area contributed by atoms with Crippen LogP contribution in [-0.4, -0.2) is 38.1 Å². The highest BCUT2D eigenvalue weighted by molar-refractivity contribution is 5.84. The zero-order valence-corrected chi connectivity index (χ0v) is 9.25. The minimum absolute atomic E-state index is 0.204. The fourth-order valence-corrected chi connectivity index (χ4v) is 1.00. The van der Waals surface area contributed by atoms with Crippen molar-refractivity contribution in [1.29, 1.82) is 0 Å². The lowest BCUT2D eigenvalue weighted by molar-refractivity contribution is -0.151. The average Bonchev–Trinajstić information content (AvgIpc) is 2.64. The molecule has 0 fully saturated rings. The lowest BCUT2D eigenvalue weighted by atomic mass is 10.3. The van der Waals surface area contributed by atoms with Gasteiger partial charge < -0.3 is 9.84 Å². The van der Waals surface area contributed by atoms with Crippen molar-refractivity contribution in [2.45, 2.75) is 32.9 Å². The molecule has 0 aromatic carbocycles. The predicted octanol–water partition coefficient (Wildman–Crippen LogP) is 0.489. The van der Waals surface area contributed by atoms with Crippen molar-refractivity contribution in [3.8, 4) is 0 Å². The lowest BCUT2D eigenvalue weighted by Crippen LogP contribution is -2.22. The van der Waals surface area contributed by atoms with Crippen molar-refractivity contribution in [2.75, 3.05) is 0 Å². The van der Waals surface area contributed by atoms with Gasteiger partial charge in [-0.2, -0.15) is 0 Å². The number of aromatic carboxylic acids is 1. The first-order valence-corrected chi connectivity index (χ1v) is 4.77. The number of carbonyl (C=O) groups excluding carboxylic acids is 1. The fraction of sp³-hybridized carbons (Fsp3) is 0.556. The summed E-state index contributed by atoms with van der Waals surface area (Å²) in [5.41, 5.74) is -0.204. The molecule has 16 heavy (non-hydrogen) atoms. The van der Waals surface area contributed by atoms with Crippen molar-refractivity contribution < 1.29 is 19.4 Å². The molecule has 1 rings (SSSR count). The van der Waals surface area contributed by atoms with Crippen molar-refractivity contribution in [3.63, 3.8) is 0 Å². The van der Waals surface area contributed by atoms with Crippen molar-refractivity contribution >= 4 is 11.9 Å². The lowest BCUT2D eigenvalue weighted by Gasteiger charge is -2.13. The van der Waals surface area contributed by atoms with Crippen LogP contribution in [0.3, 0.4) is 0 Å². The molecule has 0 spiro atoms. The highest BCUT2D eigenvalue weighted by Crippen LogP contribution is 2.08. The summed E-state index contributed by atoms with van der Waals surface area (Å²) < 4.78 is 6.12. The van der Waals surface area contributed by atoms with Gasteiger partial charge >= 0.3 is 11.9 Å². The molecule has 88 valence electrons. The van der Waals surface area contributed by atoms with Gasteiger partial charge in [0.05, 0.1) is 12.3 Å². The minimum Gasteiger partial charge on any atom is -0.476 e. The molecule has 1 unspecified atom stereocenters. The summed E-state index contributed by atoms with van der Waals surface area (Å²) in [6.45, 7) is 5.02. The molecule has 0 saturated carbocycles. The van der Waals surface area contributed by atoms with Gasteiger partial charge in [-0.3, -0.25) is 0 Å². The third-order valence-electron chi connectivity index (χ3n) is 1.82. The number of carboxylic acid groups (broad SMARTS) is 1. The third kappa shape index (κ3) is 2.78. The molecule has 1 N–H and O–H groups in total. The Kier molecular flexibility index (Phi) is 3.60. The molecule has 0 radical (unpaired) electrons. The molecule has 7 nitrogen and oxygen atoms in total. The summed E-state index contributed by atoms with van der Waals surface area (Å²) >= 11 is 0. The smallest absolute Gasteiger partial charge is 0.358 e. The fourth-order valence-electron chi connectivity index (χ4n) is 1.00. The number of hydrogen-bond acceptors (Lipinski definition) is 5. The van der Waals surface area contributed by atoms with Crippen LogP contribution in [0.2, 0.25) is 0 Å². The quantitative estimate of drug-likeness (QED) is 0.752. The Hall–Kier alpha value is -1.92. The number of rotatable bonds is 4. The van der Waals surface area contributed by atoms with E-state index in [2.05, 4.69) is 10.3 Å². The molecular formula is C9H13N3O4. The van der Waals surface area contributed by atoms with Crippen LogP contribution in [0.25, 0.3) is 0 Å². The molecule has 0 bridgehead atoms. The molecule has 1 heterocycles. The van der Waals surface area contributed by atoms with E-state index in [1.807, 2.05) is 0 Å². The van der Waals surface area contributed by atoms with Gasteiger partial charge in [0.25, 0.3) is 0 Å². The van der Waals surface area contributed by atoms with Gasteiger partial charge in [-0.1, -0.05) is 5.21 Å². The number of ether oxygens (including phenoxy) is 1. The summed E-state index contributed by atoms with van der Waals surface area (Å²) in [6, 6.07) is -0.692. The van der Waals surface area contributed by atoms with E-state index >= 15 is 0 Å². The first kappa shape index (κ1) is 12.2. The number of hydrogen-bond donors (Lipinski definition) is 1. The Morgan fingerprint density at radius 2 is 2.06 bits per heavy atom. The Labute approximate surface area is 92.0 Å². The largest absolute Gasteiger partial charge is 0.476 e. The van der Waals surface area contributed by atoms with Gasteiger partial charge in [-0.15, -0.1) is 5.10 Å². The number of aromatic nitrogens is 3. The number of nitrogens with zero attached hydrogens (tertiary/aromatic N) is 3. The maximum atomic E-state index is 11.5. The standard InChI is InChI=1S/C9H13N3O4/c1-5(2)16-9(15)6(3)12-4-7(8(13)14)10-11-12/h4-6H,1-3H3,(H,13,14). The molecule has 0 aliphatic carbocycles. The molecule has 1 aromatic heterocycles. The van der Waals surface area contributed by atoms with E-state index in [4.69, 9.17) is 9.84 Å². The summed E-state index contributed by atoms with van der Waals surface area (Å²) in [7, 11) is 0. The van der Waals surface area contributed by atoms with Crippen molar-refractivity contribution in [1.82, 2.24) is 15.0 Å². The number of esters is 1. The van der Waals surface area contributed by atoms with Gasteiger partial charge in [0, 0.05) is 0 Å². The highest BCUT2D eigenvalue weighted by Gasteiger charge is 2.20. The van der Waals surface area contributed by atoms with E-state index < -0.39 is 18.0 Å². The molecule has 1 aromatic rings. The van der Waals surface area contributed by atoms with Gasteiger partial charge in [-0.25, -0.2) is 14.3 Å². The Morgan fingerprint density at radius 3 is 2.50 bits per heavy atom. The van der Waals surface area contributed by atoms with Gasteiger partial charge in [0.15, 0.2) is 5.69 Å². The van der Waals surface area contributed by atoms with Crippen LogP contribution in [0.4, 0.5) is 0 Å².